The number of hydrogen-bond acceptors (Lipinski definition) is 2. The topological polar surface area (TPSA) is 29.3 Å². The molecule has 0 fully saturated rings. The quantitative estimate of drug-likeness (QED) is 0.459. The number of nitrogens with zero attached hydrogens (tertiary/aromatic N) is 2. The van der Waals surface area contributed by atoms with E-state index in [1.165, 1.54) is 0 Å². The highest BCUT2D eigenvalue weighted by Gasteiger charge is 2.53. The molecule has 0 aromatic carbocycles. The molecular formula is C10H20N2O. The third kappa shape index (κ3) is 1.17. The van der Waals surface area contributed by atoms with Crippen LogP contribution in [0.15, 0.2) is 0 Å². The molecular weight excluding hydrogens is 164 g/mol. The maximum Gasteiger partial charge on any atom is 0.224 e. The Morgan fingerprint density at radius 3 is 1.92 bits per heavy atom. The van der Waals surface area contributed by atoms with Crippen LogP contribution >= 0.6 is 0 Å². The van der Waals surface area contributed by atoms with Gasteiger partial charge >= 0.3 is 0 Å². The van der Waals surface area contributed by atoms with E-state index in [9.17, 15) is 5.21 Å². The summed E-state index contributed by atoms with van der Waals surface area (Å²) in [5.74, 6) is 0. The van der Waals surface area contributed by atoms with Crippen LogP contribution in [0, 0.1) is 5.21 Å². The fourth-order valence-corrected chi connectivity index (χ4v) is 2.17. The molecule has 0 radical (unpaired) electrons. The van der Waals surface area contributed by atoms with E-state index >= 15 is 0 Å². The van der Waals surface area contributed by atoms with E-state index in [4.69, 9.17) is 0 Å². The minimum atomic E-state index is -0.408. The van der Waals surface area contributed by atoms with Crippen molar-refractivity contribution < 1.29 is 4.74 Å². The van der Waals surface area contributed by atoms with Gasteiger partial charge in [0.25, 0.3) is 0 Å². The zero-order chi connectivity index (χ0) is 10.4. The summed E-state index contributed by atoms with van der Waals surface area (Å²) in [4.78, 5) is 2.13. The van der Waals surface area contributed by atoms with Gasteiger partial charge in [-0.05, 0) is 20.9 Å². The van der Waals surface area contributed by atoms with Gasteiger partial charge in [-0.15, -0.1) is 0 Å². The van der Waals surface area contributed by atoms with Crippen LogP contribution < -0.4 is 0 Å². The van der Waals surface area contributed by atoms with Crippen LogP contribution in [0.4, 0.5) is 0 Å². The molecule has 0 aliphatic carbocycles. The lowest BCUT2D eigenvalue weighted by molar-refractivity contribution is -0.557. The van der Waals surface area contributed by atoms with Crippen molar-refractivity contribution in [1.29, 1.82) is 0 Å². The van der Waals surface area contributed by atoms with Crippen molar-refractivity contribution in [3.05, 3.63) is 5.21 Å². The van der Waals surface area contributed by atoms with Crippen molar-refractivity contribution in [2.75, 3.05) is 7.05 Å². The van der Waals surface area contributed by atoms with Gasteiger partial charge in [-0.3, -0.25) is 0 Å². The summed E-state index contributed by atoms with van der Waals surface area (Å²) < 4.78 is 1.16. The molecule has 0 spiro atoms. The van der Waals surface area contributed by atoms with Gasteiger partial charge in [0, 0.05) is 20.3 Å². The van der Waals surface area contributed by atoms with Crippen LogP contribution in [0.1, 0.15) is 41.0 Å². The second-order valence-corrected chi connectivity index (χ2v) is 4.71. The molecule has 0 saturated heterocycles. The molecule has 76 valence electrons. The van der Waals surface area contributed by atoms with Gasteiger partial charge in [0.15, 0.2) is 5.71 Å². The van der Waals surface area contributed by atoms with E-state index in [1.807, 2.05) is 27.8 Å². The molecule has 13 heavy (non-hydrogen) atoms. The van der Waals surface area contributed by atoms with E-state index in [0.717, 1.165) is 16.9 Å². The van der Waals surface area contributed by atoms with Crippen LogP contribution in [-0.4, -0.2) is 33.6 Å². The van der Waals surface area contributed by atoms with Crippen molar-refractivity contribution in [3.63, 3.8) is 0 Å². The first-order valence-electron chi connectivity index (χ1n) is 4.83. The third-order valence-electron chi connectivity index (χ3n) is 3.44. The number of hydrogen-bond donors (Lipinski definition) is 0. The SMILES string of the molecule is CCC1=[N+]([O-])C(C)(C)N(C)C1(C)C. The van der Waals surface area contributed by atoms with Gasteiger partial charge in [0.05, 0.1) is 0 Å². The van der Waals surface area contributed by atoms with Gasteiger partial charge in [0.2, 0.25) is 5.66 Å². The highest BCUT2D eigenvalue weighted by atomic mass is 16.5. The second kappa shape index (κ2) is 2.71. The summed E-state index contributed by atoms with van der Waals surface area (Å²) >= 11 is 0. The molecule has 3 nitrogen and oxygen atoms in total. The first-order chi connectivity index (χ1) is 5.76. The first kappa shape index (κ1) is 10.5. The molecule has 1 aliphatic rings. The van der Waals surface area contributed by atoms with Gasteiger partial charge in [-0.25, -0.2) is 4.90 Å². The van der Waals surface area contributed by atoms with Crippen LogP contribution in [0.3, 0.4) is 0 Å². The van der Waals surface area contributed by atoms with Crippen molar-refractivity contribution >= 4 is 5.71 Å². The molecule has 1 rings (SSSR count). The molecule has 3 heteroatoms. The lowest BCUT2D eigenvalue weighted by Gasteiger charge is -2.32. The summed E-state index contributed by atoms with van der Waals surface area (Å²) in [7, 11) is 2.01. The van der Waals surface area contributed by atoms with Gasteiger partial charge < -0.3 is 5.21 Å². The Hall–Kier alpha value is -0.570. The number of hydroxylamine groups is 1. The van der Waals surface area contributed by atoms with E-state index < -0.39 is 5.66 Å². The monoisotopic (exact) mass is 184 g/mol. The van der Waals surface area contributed by atoms with Crippen LogP contribution in [0.25, 0.3) is 0 Å². The largest absolute Gasteiger partial charge is 0.622 e. The Morgan fingerprint density at radius 1 is 1.31 bits per heavy atom. The van der Waals surface area contributed by atoms with E-state index in [1.54, 1.807) is 0 Å². The molecule has 0 N–H and O–H groups in total. The Bertz CT molecular complexity index is 254. The third-order valence-corrected chi connectivity index (χ3v) is 3.44. The normalized spacial score (nSPS) is 26.9. The van der Waals surface area contributed by atoms with Crippen molar-refractivity contribution in [1.82, 2.24) is 4.90 Å². The molecule has 0 bridgehead atoms. The van der Waals surface area contributed by atoms with E-state index in [2.05, 4.69) is 18.7 Å². The van der Waals surface area contributed by atoms with Gasteiger partial charge in [-0.2, -0.15) is 4.74 Å². The predicted octanol–water partition coefficient (Wildman–Crippen LogP) is 1.81. The number of rotatable bonds is 1. The first-order valence-corrected chi connectivity index (χ1v) is 4.83. The summed E-state index contributed by atoms with van der Waals surface area (Å²) in [6.45, 7) is 10.2. The molecule has 1 heterocycles. The second-order valence-electron chi connectivity index (χ2n) is 4.71. The highest BCUT2D eigenvalue weighted by Crippen LogP contribution is 2.33. The molecule has 0 aromatic heterocycles. The summed E-state index contributed by atoms with van der Waals surface area (Å²) in [5, 5.41) is 11.9. The average molecular weight is 184 g/mol. The molecule has 0 aromatic rings. The highest BCUT2D eigenvalue weighted by molar-refractivity contribution is 5.89. The molecule has 0 saturated carbocycles. The Kier molecular flexibility index (Phi) is 2.19. The lowest BCUT2D eigenvalue weighted by atomic mass is 9.95. The van der Waals surface area contributed by atoms with Crippen LogP contribution in [-0.2, 0) is 0 Å². The molecule has 0 atom stereocenters. The summed E-state index contributed by atoms with van der Waals surface area (Å²) in [6.07, 6.45) is 0.824. The maximum absolute atomic E-state index is 11.9. The molecule has 1 aliphatic heterocycles. The fraction of sp³-hybridized carbons (Fsp3) is 0.900. The minimum Gasteiger partial charge on any atom is -0.622 e. The van der Waals surface area contributed by atoms with Gasteiger partial charge in [0.1, 0.15) is 5.54 Å². The van der Waals surface area contributed by atoms with Gasteiger partial charge in [-0.1, -0.05) is 6.92 Å². The lowest BCUT2D eigenvalue weighted by Crippen LogP contribution is -2.50. The zero-order valence-electron chi connectivity index (χ0n) is 9.51. The molecule has 0 unspecified atom stereocenters. The minimum absolute atomic E-state index is 0.111. The maximum atomic E-state index is 11.9. The van der Waals surface area contributed by atoms with E-state index in [-0.39, 0.29) is 5.54 Å². The fourth-order valence-electron chi connectivity index (χ4n) is 2.17. The smallest absolute Gasteiger partial charge is 0.224 e. The van der Waals surface area contributed by atoms with Crippen molar-refractivity contribution in [2.24, 2.45) is 0 Å². The van der Waals surface area contributed by atoms with Crippen molar-refractivity contribution in [3.8, 4) is 0 Å². The molecule has 0 amide bonds. The van der Waals surface area contributed by atoms with Crippen LogP contribution in [0.5, 0.6) is 0 Å². The summed E-state index contributed by atoms with van der Waals surface area (Å²) in [6, 6.07) is 0. The van der Waals surface area contributed by atoms with Crippen LogP contribution in [0.2, 0.25) is 0 Å². The standard InChI is InChI=1S/C10H20N2O/c1-7-8-9(2,3)11(6)10(4,5)12(8)13/h7H2,1-6H3. The predicted molar refractivity (Wildman–Crippen MR) is 54.8 cm³/mol. The van der Waals surface area contributed by atoms with Crippen molar-refractivity contribution in [2.45, 2.75) is 52.2 Å². The Morgan fingerprint density at radius 2 is 1.77 bits per heavy atom. The van der Waals surface area contributed by atoms with E-state index in [0.29, 0.717) is 0 Å². The average Bonchev–Trinajstić information content (AvgIpc) is 2.12. The Balaban J connectivity index is 3.23. The Labute approximate surface area is 80.6 Å². The summed E-state index contributed by atoms with van der Waals surface area (Å²) in [5.41, 5.74) is 0.453. The zero-order valence-corrected chi connectivity index (χ0v) is 9.51.